The van der Waals surface area contributed by atoms with Gasteiger partial charge in [-0.2, -0.15) is 4.31 Å². The minimum absolute atomic E-state index is 0.0860. The Morgan fingerprint density at radius 2 is 1.71 bits per heavy atom. The number of carbonyl (C=O) groups excluding carboxylic acids is 1. The Morgan fingerprint density at radius 1 is 1.04 bits per heavy atom. The topological polar surface area (TPSA) is 66.5 Å². The molecule has 1 heterocycles. The second kappa shape index (κ2) is 8.32. The molecule has 1 fully saturated rings. The van der Waals surface area contributed by atoms with Gasteiger partial charge in [-0.25, -0.2) is 17.2 Å². The zero-order chi connectivity index (χ0) is 20.5. The number of nitrogens with zero attached hydrogens (tertiary/aromatic N) is 1. The molecule has 0 aliphatic carbocycles. The van der Waals surface area contributed by atoms with Gasteiger partial charge in [0.2, 0.25) is 15.9 Å². The minimum atomic E-state index is -3.97. The smallest absolute Gasteiger partial charge is 0.243 e. The molecule has 0 saturated carbocycles. The summed E-state index contributed by atoms with van der Waals surface area (Å²) in [5, 5.41) is 3.47. The summed E-state index contributed by atoms with van der Waals surface area (Å²) in [7, 11) is -3.97. The Kier molecular flexibility index (Phi) is 6.24. The van der Waals surface area contributed by atoms with Gasteiger partial charge in [0.25, 0.3) is 0 Å². The largest absolute Gasteiger partial charge is 0.324 e. The monoisotopic (exact) mass is 448 g/mol. The van der Waals surface area contributed by atoms with Gasteiger partial charge < -0.3 is 5.32 Å². The molecule has 1 N–H and O–H groups in total. The van der Waals surface area contributed by atoms with E-state index in [-0.39, 0.29) is 36.7 Å². The van der Waals surface area contributed by atoms with Gasteiger partial charge in [0.05, 0.1) is 15.6 Å². The number of rotatable bonds is 4. The molecule has 1 amide bonds. The van der Waals surface area contributed by atoms with Gasteiger partial charge in [-0.3, -0.25) is 4.79 Å². The molecule has 0 bridgehead atoms. The first-order chi connectivity index (χ1) is 13.2. The molecule has 0 spiro atoms. The highest BCUT2D eigenvalue weighted by atomic mass is 35.5. The van der Waals surface area contributed by atoms with Crippen molar-refractivity contribution in [1.29, 1.82) is 0 Å². The molecule has 5 nitrogen and oxygen atoms in total. The summed E-state index contributed by atoms with van der Waals surface area (Å²) < 4.78 is 52.8. The highest BCUT2D eigenvalue weighted by Gasteiger charge is 2.32. The molecular weight excluding hydrogens is 433 g/mol. The van der Waals surface area contributed by atoms with Crippen LogP contribution in [0.3, 0.4) is 0 Å². The summed E-state index contributed by atoms with van der Waals surface area (Å²) in [6, 6.07) is 7.15. The van der Waals surface area contributed by atoms with Gasteiger partial charge in [-0.05, 0) is 49.2 Å². The predicted octanol–water partition coefficient (Wildman–Crippen LogP) is 4.31. The first-order valence-corrected chi connectivity index (χ1v) is 10.6. The average Bonchev–Trinajstić information content (AvgIpc) is 2.67. The molecule has 28 heavy (non-hydrogen) atoms. The third kappa shape index (κ3) is 4.46. The Hall–Kier alpha value is -1.74. The molecule has 2 aromatic carbocycles. The fourth-order valence-corrected chi connectivity index (χ4v) is 4.79. The highest BCUT2D eigenvalue weighted by molar-refractivity contribution is 7.89. The first-order valence-electron chi connectivity index (χ1n) is 8.39. The van der Waals surface area contributed by atoms with Gasteiger partial charge in [-0.15, -0.1) is 0 Å². The molecule has 10 heteroatoms. The van der Waals surface area contributed by atoms with E-state index < -0.39 is 27.6 Å². The van der Waals surface area contributed by atoms with Crippen LogP contribution < -0.4 is 5.32 Å². The van der Waals surface area contributed by atoms with Crippen LogP contribution in [0, 0.1) is 17.6 Å². The van der Waals surface area contributed by atoms with E-state index in [1.54, 1.807) is 12.1 Å². The van der Waals surface area contributed by atoms with Crippen LogP contribution in [0.5, 0.6) is 0 Å². The first kappa shape index (κ1) is 21.0. The maximum atomic E-state index is 13.4. The molecule has 2 aromatic rings. The van der Waals surface area contributed by atoms with Crippen LogP contribution in [0.25, 0.3) is 0 Å². The van der Waals surface area contributed by atoms with Crippen molar-refractivity contribution in [3.63, 3.8) is 0 Å². The molecule has 0 aromatic heterocycles. The van der Waals surface area contributed by atoms with E-state index in [0.717, 1.165) is 16.4 Å². The van der Waals surface area contributed by atoms with Crippen LogP contribution in [0.2, 0.25) is 10.0 Å². The van der Waals surface area contributed by atoms with Crippen molar-refractivity contribution in [2.24, 2.45) is 5.92 Å². The maximum Gasteiger partial charge on any atom is 0.243 e. The fraction of sp³-hybridized carbons (Fsp3) is 0.278. The number of benzene rings is 2. The number of halogens is 4. The average molecular weight is 449 g/mol. The second-order valence-corrected chi connectivity index (χ2v) is 9.15. The van der Waals surface area contributed by atoms with Crippen molar-refractivity contribution < 1.29 is 22.0 Å². The summed E-state index contributed by atoms with van der Waals surface area (Å²) in [5.74, 6) is -3.04. The van der Waals surface area contributed by atoms with E-state index in [1.165, 1.54) is 6.07 Å². The Balaban J connectivity index is 1.65. The van der Waals surface area contributed by atoms with E-state index >= 15 is 0 Å². The Morgan fingerprint density at radius 3 is 2.36 bits per heavy atom. The van der Waals surface area contributed by atoms with Crippen molar-refractivity contribution in [3.05, 3.63) is 58.1 Å². The normalized spacial score (nSPS) is 16.1. The standard InChI is InChI=1S/C18H16Cl2F2N2O3S/c19-12-1-3-14(20)17(9-12)23-18(25)11-5-7-24(8-6-11)28(26,27)13-2-4-15(21)16(22)10-13/h1-4,9-11H,5-8H2,(H,23,25). The summed E-state index contributed by atoms with van der Waals surface area (Å²) in [4.78, 5) is 12.1. The summed E-state index contributed by atoms with van der Waals surface area (Å²) in [5.41, 5.74) is 0.385. The van der Waals surface area contributed by atoms with E-state index in [0.29, 0.717) is 21.8 Å². The lowest BCUT2D eigenvalue weighted by Gasteiger charge is -2.30. The van der Waals surface area contributed by atoms with Gasteiger partial charge in [-0.1, -0.05) is 23.2 Å². The third-order valence-corrected chi connectivity index (χ3v) is 7.00. The Labute approximate surface area is 171 Å². The summed E-state index contributed by atoms with van der Waals surface area (Å²) >= 11 is 11.9. The van der Waals surface area contributed by atoms with Crippen LogP contribution in [0.15, 0.2) is 41.3 Å². The third-order valence-electron chi connectivity index (χ3n) is 4.54. The SMILES string of the molecule is O=C(Nc1cc(Cl)ccc1Cl)C1CCN(S(=O)(=O)c2ccc(F)c(F)c2)CC1. The number of piperidine rings is 1. The lowest BCUT2D eigenvalue weighted by molar-refractivity contribution is -0.120. The van der Waals surface area contributed by atoms with Crippen molar-refractivity contribution in [2.75, 3.05) is 18.4 Å². The molecule has 3 rings (SSSR count). The molecule has 0 atom stereocenters. The van der Waals surface area contributed by atoms with Crippen LogP contribution in [0.1, 0.15) is 12.8 Å². The fourth-order valence-electron chi connectivity index (χ4n) is 2.97. The molecule has 0 unspecified atom stereocenters. The molecule has 0 radical (unpaired) electrons. The minimum Gasteiger partial charge on any atom is -0.324 e. The number of nitrogens with one attached hydrogen (secondary N) is 1. The second-order valence-electron chi connectivity index (χ2n) is 6.37. The molecule has 1 saturated heterocycles. The molecular formula is C18H16Cl2F2N2O3S. The van der Waals surface area contributed by atoms with E-state index in [2.05, 4.69) is 5.32 Å². The van der Waals surface area contributed by atoms with Crippen LogP contribution in [-0.4, -0.2) is 31.7 Å². The highest BCUT2D eigenvalue weighted by Crippen LogP contribution is 2.29. The number of hydrogen-bond donors (Lipinski definition) is 1. The van der Waals surface area contributed by atoms with Crippen LogP contribution in [-0.2, 0) is 14.8 Å². The zero-order valence-corrected chi connectivity index (χ0v) is 16.8. The number of anilines is 1. The van der Waals surface area contributed by atoms with Gasteiger partial charge in [0, 0.05) is 24.0 Å². The number of carbonyl (C=O) groups is 1. The number of sulfonamides is 1. The predicted molar refractivity (Wildman–Crippen MR) is 103 cm³/mol. The van der Waals surface area contributed by atoms with Gasteiger partial charge in [0.15, 0.2) is 11.6 Å². The number of amides is 1. The summed E-state index contributed by atoms with van der Waals surface area (Å²) in [6.45, 7) is 0.172. The molecule has 1 aliphatic heterocycles. The van der Waals surface area contributed by atoms with Gasteiger partial charge in [0.1, 0.15) is 0 Å². The maximum absolute atomic E-state index is 13.4. The van der Waals surface area contributed by atoms with Crippen molar-refractivity contribution in [2.45, 2.75) is 17.7 Å². The van der Waals surface area contributed by atoms with Crippen LogP contribution >= 0.6 is 23.2 Å². The number of hydrogen-bond acceptors (Lipinski definition) is 3. The van der Waals surface area contributed by atoms with Crippen molar-refractivity contribution in [1.82, 2.24) is 4.31 Å². The van der Waals surface area contributed by atoms with E-state index in [4.69, 9.17) is 23.2 Å². The van der Waals surface area contributed by atoms with Gasteiger partial charge >= 0.3 is 0 Å². The van der Waals surface area contributed by atoms with Crippen molar-refractivity contribution >= 4 is 44.8 Å². The molecule has 150 valence electrons. The zero-order valence-electron chi connectivity index (χ0n) is 14.5. The molecule has 1 aliphatic rings. The lowest BCUT2D eigenvalue weighted by atomic mass is 9.97. The van der Waals surface area contributed by atoms with Crippen molar-refractivity contribution in [3.8, 4) is 0 Å². The van der Waals surface area contributed by atoms with E-state index in [9.17, 15) is 22.0 Å². The Bertz CT molecular complexity index is 1010. The van der Waals surface area contributed by atoms with Crippen LogP contribution in [0.4, 0.5) is 14.5 Å². The quantitative estimate of drug-likeness (QED) is 0.757. The summed E-state index contributed by atoms with van der Waals surface area (Å²) in [6.07, 6.45) is 0.569. The lowest BCUT2D eigenvalue weighted by Crippen LogP contribution is -2.41. The van der Waals surface area contributed by atoms with E-state index in [1.807, 2.05) is 0 Å².